The predicted octanol–water partition coefficient (Wildman–Crippen LogP) is 2.66. The smallest absolute Gasteiger partial charge is 0.307 e. The zero-order chi connectivity index (χ0) is 16.4. The molecule has 0 bridgehead atoms. The maximum atomic E-state index is 12.4. The van der Waals surface area contributed by atoms with E-state index in [0.29, 0.717) is 24.6 Å². The highest BCUT2D eigenvalue weighted by Gasteiger charge is 2.23. The third-order valence-corrected chi connectivity index (χ3v) is 3.80. The van der Waals surface area contributed by atoms with E-state index in [-0.39, 0.29) is 24.3 Å². The number of carbonyl (C=O) groups excluding carboxylic acids is 2. The average Bonchev–Trinajstić information content (AvgIpc) is 2.99. The molecule has 0 radical (unpaired) electrons. The lowest BCUT2D eigenvalue weighted by Gasteiger charge is -2.16. The second-order valence-electron chi connectivity index (χ2n) is 5.13. The third-order valence-electron chi connectivity index (χ3n) is 2.92. The van der Waals surface area contributed by atoms with Gasteiger partial charge in [0.1, 0.15) is 0 Å². The van der Waals surface area contributed by atoms with E-state index in [0.717, 1.165) is 6.42 Å². The first kappa shape index (κ1) is 18.8. The summed E-state index contributed by atoms with van der Waals surface area (Å²) in [6.45, 7) is 7.29. The predicted molar refractivity (Wildman–Crippen MR) is 87.4 cm³/mol. The zero-order valence-electron chi connectivity index (χ0n) is 13.5. The van der Waals surface area contributed by atoms with Crippen molar-refractivity contribution in [3.8, 4) is 0 Å². The van der Waals surface area contributed by atoms with Crippen molar-refractivity contribution in [1.82, 2.24) is 5.32 Å². The van der Waals surface area contributed by atoms with Gasteiger partial charge in [0.15, 0.2) is 5.78 Å². The van der Waals surface area contributed by atoms with Crippen molar-refractivity contribution < 1.29 is 19.1 Å². The summed E-state index contributed by atoms with van der Waals surface area (Å²) in [6.07, 6.45) is 1.04. The van der Waals surface area contributed by atoms with E-state index in [1.165, 1.54) is 11.3 Å². The van der Waals surface area contributed by atoms with Gasteiger partial charge in [0.05, 0.1) is 30.1 Å². The molecule has 0 saturated carbocycles. The Labute approximate surface area is 136 Å². The molecule has 5 nitrogen and oxygen atoms in total. The van der Waals surface area contributed by atoms with Crippen molar-refractivity contribution in [2.75, 3.05) is 19.8 Å². The fraction of sp³-hybridized carbons (Fsp3) is 0.625. The molecule has 0 fully saturated rings. The minimum Gasteiger partial charge on any atom is -0.466 e. The summed E-state index contributed by atoms with van der Waals surface area (Å²) in [7, 11) is 0. The lowest BCUT2D eigenvalue weighted by Crippen LogP contribution is -2.39. The summed E-state index contributed by atoms with van der Waals surface area (Å²) in [6, 6.07) is 3.06. The van der Waals surface area contributed by atoms with Gasteiger partial charge >= 0.3 is 5.97 Å². The van der Waals surface area contributed by atoms with Crippen LogP contribution in [0.3, 0.4) is 0 Å². The molecule has 0 aliphatic carbocycles. The molecule has 22 heavy (non-hydrogen) atoms. The maximum Gasteiger partial charge on any atom is 0.307 e. The van der Waals surface area contributed by atoms with E-state index in [1.54, 1.807) is 13.0 Å². The van der Waals surface area contributed by atoms with Crippen LogP contribution in [0, 0.1) is 0 Å². The van der Waals surface area contributed by atoms with Crippen LogP contribution >= 0.6 is 11.3 Å². The molecule has 0 aliphatic heterocycles. The SMILES string of the molecule is CCOC(=O)CC(NCCCOC(C)C)C(=O)c1cccs1. The Bertz CT molecular complexity index is 445. The first-order valence-electron chi connectivity index (χ1n) is 7.63. The molecule has 1 unspecified atom stereocenters. The van der Waals surface area contributed by atoms with Gasteiger partial charge < -0.3 is 14.8 Å². The normalized spacial score (nSPS) is 12.4. The number of ketones is 1. The number of thiophene rings is 1. The maximum absolute atomic E-state index is 12.4. The highest BCUT2D eigenvalue weighted by molar-refractivity contribution is 7.12. The van der Waals surface area contributed by atoms with Crippen LogP contribution in [-0.2, 0) is 14.3 Å². The van der Waals surface area contributed by atoms with Crippen LogP contribution in [0.15, 0.2) is 17.5 Å². The number of Topliss-reactive ketones (excluding diaryl/α,β-unsaturated/α-hetero) is 1. The lowest BCUT2D eigenvalue weighted by molar-refractivity contribution is -0.143. The summed E-state index contributed by atoms with van der Waals surface area (Å²) in [5.41, 5.74) is 0. The van der Waals surface area contributed by atoms with Gasteiger partial charge in [0.2, 0.25) is 0 Å². The van der Waals surface area contributed by atoms with E-state index < -0.39 is 6.04 Å². The standard InChI is InChI=1S/C16H25NO4S/c1-4-20-15(18)11-13(16(19)14-7-5-10-22-14)17-8-6-9-21-12(2)3/h5,7,10,12-13,17H,4,6,8-9,11H2,1-3H3. The Balaban J connectivity index is 2.51. The van der Waals surface area contributed by atoms with Crippen LogP contribution in [0.5, 0.6) is 0 Å². The fourth-order valence-corrected chi connectivity index (χ4v) is 2.62. The van der Waals surface area contributed by atoms with E-state index in [9.17, 15) is 9.59 Å². The molecule has 1 aromatic heterocycles. The van der Waals surface area contributed by atoms with E-state index >= 15 is 0 Å². The van der Waals surface area contributed by atoms with Crippen molar-refractivity contribution in [3.63, 3.8) is 0 Å². The Morgan fingerprint density at radius 3 is 2.73 bits per heavy atom. The lowest BCUT2D eigenvalue weighted by atomic mass is 10.1. The van der Waals surface area contributed by atoms with Crippen LogP contribution in [0.2, 0.25) is 0 Å². The summed E-state index contributed by atoms with van der Waals surface area (Å²) in [5, 5.41) is 5.00. The van der Waals surface area contributed by atoms with Gasteiger partial charge in [-0.2, -0.15) is 0 Å². The largest absolute Gasteiger partial charge is 0.466 e. The van der Waals surface area contributed by atoms with Crippen molar-refractivity contribution in [3.05, 3.63) is 22.4 Å². The highest BCUT2D eigenvalue weighted by Crippen LogP contribution is 2.13. The molecular formula is C16H25NO4S. The molecule has 0 spiro atoms. The molecule has 0 saturated heterocycles. The van der Waals surface area contributed by atoms with Gasteiger partial charge in [-0.25, -0.2) is 0 Å². The second kappa shape index (κ2) is 10.5. The molecule has 1 atom stereocenters. The second-order valence-corrected chi connectivity index (χ2v) is 6.08. The van der Waals surface area contributed by atoms with E-state index in [4.69, 9.17) is 9.47 Å². The number of esters is 1. The van der Waals surface area contributed by atoms with Crippen molar-refractivity contribution in [2.24, 2.45) is 0 Å². The van der Waals surface area contributed by atoms with Gasteiger partial charge in [-0.15, -0.1) is 11.3 Å². The van der Waals surface area contributed by atoms with E-state index in [1.807, 2.05) is 25.3 Å². The van der Waals surface area contributed by atoms with Crippen LogP contribution in [0.4, 0.5) is 0 Å². The van der Waals surface area contributed by atoms with Gasteiger partial charge in [0.25, 0.3) is 0 Å². The Morgan fingerprint density at radius 1 is 1.36 bits per heavy atom. The number of hydrogen-bond donors (Lipinski definition) is 1. The average molecular weight is 327 g/mol. The molecule has 1 rings (SSSR count). The monoisotopic (exact) mass is 327 g/mol. The molecule has 0 amide bonds. The third kappa shape index (κ3) is 7.15. The van der Waals surface area contributed by atoms with Gasteiger partial charge in [-0.3, -0.25) is 9.59 Å². The number of rotatable bonds is 11. The van der Waals surface area contributed by atoms with Gasteiger partial charge in [0, 0.05) is 6.61 Å². The summed E-state index contributed by atoms with van der Waals surface area (Å²) < 4.78 is 10.4. The number of ether oxygens (including phenoxy) is 2. The fourth-order valence-electron chi connectivity index (χ4n) is 1.90. The highest BCUT2D eigenvalue weighted by atomic mass is 32.1. The number of hydrogen-bond acceptors (Lipinski definition) is 6. The van der Waals surface area contributed by atoms with Crippen LogP contribution in [0.25, 0.3) is 0 Å². The topological polar surface area (TPSA) is 64.6 Å². The molecule has 1 N–H and O–H groups in total. The number of carbonyl (C=O) groups is 2. The quantitative estimate of drug-likeness (QED) is 0.384. The summed E-state index contributed by atoms with van der Waals surface area (Å²) in [5.74, 6) is -0.420. The van der Waals surface area contributed by atoms with Gasteiger partial charge in [-0.05, 0) is 45.2 Å². The number of nitrogens with one attached hydrogen (secondary N) is 1. The summed E-state index contributed by atoms with van der Waals surface area (Å²) >= 11 is 1.38. The Hall–Kier alpha value is -1.24. The summed E-state index contributed by atoms with van der Waals surface area (Å²) in [4.78, 5) is 24.7. The minimum absolute atomic E-state index is 0.0512. The first-order valence-corrected chi connectivity index (χ1v) is 8.50. The Morgan fingerprint density at radius 2 is 2.14 bits per heavy atom. The first-order chi connectivity index (χ1) is 10.5. The van der Waals surface area contributed by atoms with Crippen LogP contribution in [0.1, 0.15) is 43.3 Å². The minimum atomic E-state index is -0.545. The molecule has 1 heterocycles. The van der Waals surface area contributed by atoms with Crippen molar-refractivity contribution in [1.29, 1.82) is 0 Å². The van der Waals surface area contributed by atoms with Crippen LogP contribution in [-0.4, -0.2) is 43.7 Å². The molecule has 124 valence electrons. The zero-order valence-corrected chi connectivity index (χ0v) is 14.3. The molecule has 6 heteroatoms. The molecular weight excluding hydrogens is 302 g/mol. The molecule has 1 aromatic rings. The Kier molecular flexibility index (Phi) is 8.96. The molecule has 0 aliphatic rings. The van der Waals surface area contributed by atoms with Crippen molar-refractivity contribution in [2.45, 2.75) is 45.8 Å². The molecule has 0 aromatic carbocycles. The van der Waals surface area contributed by atoms with Crippen LogP contribution < -0.4 is 5.32 Å². The van der Waals surface area contributed by atoms with Gasteiger partial charge in [-0.1, -0.05) is 6.07 Å². The van der Waals surface area contributed by atoms with Crippen molar-refractivity contribution >= 4 is 23.1 Å². The van der Waals surface area contributed by atoms with E-state index in [2.05, 4.69) is 5.32 Å².